The lowest BCUT2D eigenvalue weighted by Crippen LogP contribution is -2.59. The van der Waals surface area contributed by atoms with E-state index in [0.717, 1.165) is 24.8 Å². The molecule has 3 heterocycles. The summed E-state index contributed by atoms with van der Waals surface area (Å²) in [6.45, 7) is 15.2. The van der Waals surface area contributed by atoms with Gasteiger partial charge in [0, 0.05) is 25.0 Å². The molecule has 0 bridgehead atoms. The van der Waals surface area contributed by atoms with Gasteiger partial charge in [0.05, 0.1) is 30.1 Å². The first kappa shape index (κ1) is 45.3. The number of alkyl carbamates (subject to hydrolysis) is 1. The molecule has 13 heteroatoms. The molecule has 3 aliphatic rings. The number of carbonyl (C=O) groups excluding carboxylic acids is 3. The van der Waals surface area contributed by atoms with E-state index in [4.69, 9.17) is 28.5 Å². The number of likely N-dealkylation sites (N-methyl/N-ethyl adjacent to an activating group) is 1. The molecule has 3 saturated heterocycles. The molecule has 13 nitrogen and oxygen atoms in total. The van der Waals surface area contributed by atoms with Gasteiger partial charge in [-0.3, -0.25) is 9.59 Å². The first-order valence-electron chi connectivity index (χ1n) is 20.3. The molecule has 0 aliphatic carbocycles. The standard InChI is InChI=1S/C43H67N3O10/c1-12-34-43(8)37(45-41(50)56-43)28(4)32(21-22-44-52-23-17-16-20-31-18-14-13-15-19-31)26(2)25-42(7,51-11)38(29(5)35(47)30(6)39(49)54-34)55-40-36(48)33(46(9)10)24-27(3)53-40/h13-15,18-19,21-22,26-30,33-34,36-38,40,48H,12,16-17,20,23-25H2,1-11H3,(H,45,50)/b32-21+,44-22+/t26-,27-,28+,29+,30-,33+,34-,36-,37+,38-,40?,42-,43-/m1/s1. The summed E-state index contributed by atoms with van der Waals surface area (Å²) in [5, 5.41) is 18.8. The summed E-state index contributed by atoms with van der Waals surface area (Å²) < 4.78 is 31.2. The van der Waals surface area contributed by atoms with Gasteiger partial charge in [-0.2, -0.15) is 0 Å². The summed E-state index contributed by atoms with van der Waals surface area (Å²) in [6, 6.07) is 9.46. The first-order chi connectivity index (χ1) is 26.5. The molecule has 56 heavy (non-hydrogen) atoms. The Morgan fingerprint density at radius 1 is 1.04 bits per heavy atom. The number of nitrogens with one attached hydrogen (secondary N) is 1. The van der Waals surface area contributed by atoms with Crippen LogP contribution in [0.4, 0.5) is 4.79 Å². The number of aliphatic hydroxyl groups excluding tert-OH is 1. The number of hydrogen-bond donors (Lipinski definition) is 2. The molecule has 4 rings (SSSR count). The molecule has 1 unspecified atom stereocenters. The van der Waals surface area contributed by atoms with E-state index in [1.807, 2.05) is 71.0 Å². The second-order valence-corrected chi connectivity index (χ2v) is 16.7. The van der Waals surface area contributed by atoms with Gasteiger partial charge in [0.1, 0.15) is 24.7 Å². The lowest BCUT2D eigenvalue weighted by molar-refractivity contribution is -0.295. The number of cyclic esters (lactones) is 1. The van der Waals surface area contributed by atoms with Crippen LogP contribution in [0.5, 0.6) is 0 Å². The number of esters is 1. The van der Waals surface area contributed by atoms with E-state index in [-0.39, 0.29) is 24.0 Å². The van der Waals surface area contributed by atoms with E-state index in [0.29, 0.717) is 25.9 Å². The Balaban J connectivity index is 1.71. The molecular weight excluding hydrogens is 718 g/mol. The van der Waals surface area contributed by atoms with Crippen molar-refractivity contribution in [1.82, 2.24) is 10.2 Å². The van der Waals surface area contributed by atoms with Crippen LogP contribution < -0.4 is 5.32 Å². The molecule has 0 aromatic heterocycles. The van der Waals surface area contributed by atoms with Crippen LogP contribution in [0.1, 0.15) is 93.1 Å². The zero-order chi connectivity index (χ0) is 41.4. The highest BCUT2D eigenvalue weighted by Crippen LogP contribution is 2.43. The van der Waals surface area contributed by atoms with Crippen molar-refractivity contribution >= 4 is 24.1 Å². The van der Waals surface area contributed by atoms with Crippen molar-refractivity contribution in [2.45, 2.75) is 148 Å². The van der Waals surface area contributed by atoms with E-state index < -0.39 is 71.5 Å². The SMILES string of the molecule is CC[C@H]1OC(=O)[C@H](C)C(=O)[C@H](C)[C@@H](OC2O[C@H](C)C[C@H](N(C)C)[C@H]2O)[C@](C)(OC)C[C@@H](C)/C(=C\C=N\OCCCCc2ccccc2)[C@H](C)[C@@H]2NC(=O)O[C@]12C. The summed E-state index contributed by atoms with van der Waals surface area (Å²) in [5.74, 6) is -3.79. The average Bonchev–Trinajstić information content (AvgIpc) is 3.48. The number of Topliss-reactive ketones (excluding diaryl/α,β-unsaturated/α-hetero) is 1. The van der Waals surface area contributed by atoms with Crippen LogP contribution in [0.25, 0.3) is 0 Å². The zero-order valence-electron chi connectivity index (χ0n) is 35.4. The third kappa shape index (κ3) is 10.6. The highest BCUT2D eigenvalue weighted by molar-refractivity contribution is 6.00. The number of nitrogens with zero attached hydrogens (tertiary/aromatic N) is 2. The van der Waals surface area contributed by atoms with Gasteiger partial charge in [-0.25, -0.2) is 4.79 Å². The van der Waals surface area contributed by atoms with Gasteiger partial charge >= 0.3 is 12.1 Å². The fourth-order valence-corrected chi connectivity index (χ4v) is 8.90. The number of fused-ring (bicyclic) bond motifs is 1. The van der Waals surface area contributed by atoms with Crippen molar-refractivity contribution in [2.24, 2.45) is 28.8 Å². The third-order valence-electron chi connectivity index (χ3n) is 12.3. The van der Waals surface area contributed by atoms with Crippen LogP contribution in [-0.2, 0) is 44.5 Å². The maximum atomic E-state index is 14.3. The van der Waals surface area contributed by atoms with Crippen molar-refractivity contribution in [3.8, 4) is 0 Å². The van der Waals surface area contributed by atoms with Crippen LogP contribution >= 0.6 is 0 Å². The summed E-state index contributed by atoms with van der Waals surface area (Å²) in [5.41, 5.74) is -0.220. The van der Waals surface area contributed by atoms with Crippen LogP contribution in [-0.4, -0.2) is 116 Å². The lowest BCUT2D eigenvalue weighted by atomic mass is 9.72. The number of ether oxygens (including phenoxy) is 5. The first-order valence-corrected chi connectivity index (χ1v) is 20.3. The Kier molecular flexibility index (Phi) is 16.1. The van der Waals surface area contributed by atoms with Crippen molar-refractivity contribution in [3.63, 3.8) is 0 Å². The molecule has 2 N–H and O–H groups in total. The van der Waals surface area contributed by atoms with E-state index in [1.165, 1.54) is 12.5 Å². The number of oxime groups is 1. The fraction of sp³-hybridized carbons (Fsp3) is 0.721. The van der Waals surface area contributed by atoms with Crippen LogP contribution in [0, 0.1) is 23.7 Å². The predicted molar refractivity (Wildman–Crippen MR) is 213 cm³/mol. The molecule has 0 spiro atoms. The number of benzene rings is 1. The zero-order valence-corrected chi connectivity index (χ0v) is 35.4. The molecule has 0 radical (unpaired) electrons. The second kappa shape index (κ2) is 19.9. The topological polar surface area (TPSA) is 154 Å². The minimum Gasteiger partial charge on any atom is -0.458 e. The summed E-state index contributed by atoms with van der Waals surface area (Å²) >= 11 is 0. The highest BCUT2D eigenvalue weighted by atomic mass is 16.7. The van der Waals surface area contributed by atoms with Gasteiger partial charge in [-0.05, 0) is 97.9 Å². The van der Waals surface area contributed by atoms with E-state index >= 15 is 0 Å². The Labute approximate surface area is 333 Å². The maximum absolute atomic E-state index is 14.3. The van der Waals surface area contributed by atoms with Gasteiger partial charge in [0.15, 0.2) is 17.7 Å². The number of carbonyl (C=O) groups is 3. The number of aryl methyl sites for hydroxylation is 1. The average molecular weight is 786 g/mol. The number of aliphatic hydroxyl groups is 1. The van der Waals surface area contributed by atoms with Gasteiger partial charge in [0.25, 0.3) is 0 Å². The summed E-state index contributed by atoms with van der Waals surface area (Å²) in [7, 11) is 5.36. The number of hydrogen-bond acceptors (Lipinski definition) is 12. The Hall–Kier alpha value is -3.36. The molecule has 1 aromatic carbocycles. The summed E-state index contributed by atoms with van der Waals surface area (Å²) in [4.78, 5) is 48.7. The monoisotopic (exact) mass is 785 g/mol. The normalized spacial score (nSPS) is 38.2. The van der Waals surface area contributed by atoms with E-state index in [2.05, 4.69) is 29.5 Å². The second-order valence-electron chi connectivity index (χ2n) is 16.7. The maximum Gasteiger partial charge on any atom is 0.408 e. The molecule has 1 aromatic rings. The number of unbranched alkanes of at least 4 members (excludes halogenated alkanes) is 1. The van der Waals surface area contributed by atoms with E-state index in [9.17, 15) is 19.5 Å². The number of allylic oxidation sites excluding steroid dienone is 1. The molecule has 3 aliphatic heterocycles. The van der Waals surface area contributed by atoms with Crippen LogP contribution in [0.3, 0.4) is 0 Å². The third-order valence-corrected chi connectivity index (χ3v) is 12.3. The van der Waals surface area contributed by atoms with Crippen LogP contribution in [0.15, 0.2) is 47.1 Å². The Morgan fingerprint density at radius 2 is 1.73 bits per heavy atom. The van der Waals surface area contributed by atoms with E-state index in [1.54, 1.807) is 27.2 Å². The van der Waals surface area contributed by atoms with Gasteiger partial charge < -0.3 is 43.8 Å². The van der Waals surface area contributed by atoms with Crippen molar-refractivity contribution in [1.29, 1.82) is 0 Å². The largest absolute Gasteiger partial charge is 0.458 e. The van der Waals surface area contributed by atoms with Crippen molar-refractivity contribution < 1.29 is 48.0 Å². The number of rotatable bonds is 12. The number of methoxy groups -OCH3 is 1. The highest BCUT2D eigenvalue weighted by Gasteiger charge is 2.56. The van der Waals surface area contributed by atoms with Gasteiger partial charge in [-0.15, -0.1) is 0 Å². The molecule has 1 amide bonds. The molecular formula is C43H67N3O10. The Morgan fingerprint density at radius 3 is 2.38 bits per heavy atom. The molecule has 314 valence electrons. The predicted octanol–water partition coefficient (Wildman–Crippen LogP) is 5.86. The molecule has 0 saturated carbocycles. The minimum atomic E-state index is -1.26. The van der Waals surface area contributed by atoms with Gasteiger partial charge in [0.2, 0.25) is 0 Å². The van der Waals surface area contributed by atoms with Gasteiger partial charge in [-0.1, -0.05) is 68.8 Å². The fourth-order valence-electron chi connectivity index (χ4n) is 8.90. The number of ketones is 1. The van der Waals surface area contributed by atoms with Crippen molar-refractivity contribution in [2.75, 3.05) is 27.8 Å². The number of amides is 1. The minimum absolute atomic E-state index is 0.230. The quantitative estimate of drug-likeness (QED) is 0.0862. The summed E-state index contributed by atoms with van der Waals surface area (Å²) in [6.07, 6.45) is 2.81. The smallest absolute Gasteiger partial charge is 0.408 e. The lowest BCUT2D eigenvalue weighted by Gasteiger charge is -2.47. The van der Waals surface area contributed by atoms with Crippen LogP contribution in [0.2, 0.25) is 0 Å². The molecule has 13 atom stereocenters. The van der Waals surface area contributed by atoms with Crippen molar-refractivity contribution in [3.05, 3.63) is 47.5 Å². The molecule has 3 fully saturated rings. The Bertz CT molecular complexity index is 1520.